The van der Waals surface area contributed by atoms with Crippen molar-refractivity contribution < 1.29 is 19.0 Å². The number of fused-ring (bicyclic) bond motifs is 1. The van der Waals surface area contributed by atoms with Gasteiger partial charge in [-0.2, -0.15) is 5.26 Å². The Hall–Kier alpha value is -3.26. The van der Waals surface area contributed by atoms with Crippen molar-refractivity contribution in [3.05, 3.63) is 40.5 Å². The van der Waals surface area contributed by atoms with E-state index in [-0.39, 0.29) is 24.0 Å². The average molecular weight is 600 g/mol. The predicted molar refractivity (Wildman–Crippen MR) is 156 cm³/mol. The molecular weight excluding hydrogens is 569 g/mol. The summed E-state index contributed by atoms with van der Waals surface area (Å²) in [6, 6.07) is 9.24. The van der Waals surface area contributed by atoms with Gasteiger partial charge < -0.3 is 24.4 Å². The molecule has 1 fully saturated rings. The molecule has 1 amide bonds. The van der Waals surface area contributed by atoms with E-state index in [0.29, 0.717) is 51.5 Å². The summed E-state index contributed by atoms with van der Waals surface area (Å²) in [6.45, 7) is 5.90. The van der Waals surface area contributed by atoms with Gasteiger partial charge in [-0.25, -0.2) is 14.8 Å². The zero-order valence-electron chi connectivity index (χ0n) is 22.9. The van der Waals surface area contributed by atoms with Crippen LogP contribution in [0.25, 0.3) is 22.0 Å². The number of nitrogens with zero attached hydrogens (tertiary/aromatic N) is 4. The molecule has 4 rings (SSSR count). The molecule has 3 aromatic rings. The lowest BCUT2D eigenvalue weighted by Crippen LogP contribution is -2.40. The minimum Gasteiger partial charge on any atom is -0.495 e. The van der Waals surface area contributed by atoms with Crippen LogP contribution < -0.4 is 14.8 Å². The highest BCUT2D eigenvalue weighted by Gasteiger charge is 2.39. The van der Waals surface area contributed by atoms with E-state index in [1.165, 1.54) is 14.2 Å². The van der Waals surface area contributed by atoms with Gasteiger partial charge in [0.15, 0.2) is 0 Å². The first-order chi connectivity index (χ1) is 18.9. The van der Waals surface area contributed by atoms with Crippen molar-refractivity contribution in [3.63, 3.8) is 0 Å². The van der Waals surface area contributed by atoms with E-state index in [9.17, 15) is 10.1 Å². The number of methoxy groups -OCH3 is 2. The number of amides is 1. The Balaban J connectivity index is 1.54. The molecule has 40 heavy (non-hydrogen) atoms. The molecule has 3 radical (unpaired) electrons. The molecule has 1 aromatic heterocycles. The molecule has 1 aliphatic rings. The maximum absolute atomic E-state index is 12.8. The Morgan fingerprint density at radius 1 is 1.23 bits per heavy atom. The Kier molecular flexibility index (Phi) is 8.98. The second-order valence-corrected chi connectivity index (χ2v) is 11.9. The molecule has 9 nitrogen and oxygen atoms in total. The maximum Gasteiger partial charge on any atom is 0.410 e. The fraction of sp³-hybridized carbons (Fsp3) is 0.429. The molecule has 0 spiro atoms. The summed E-state index contributed by atoms with van der Waals surface area (Å²) in [5, 5.41) is 14.1. The van der Waals surface area contributed by atoms with Crippen molar-refractivity contribution in [2.24, 2.45) is 5.92 Å². The molecule has 1 saturated heterocycles. The highest BCUT2D eigenvalue weighted by molar-refractivity contribution is 6.41. The Morgan fingerprint density at radius 3 is 2.50 bits per heavy atom. The topological polar surface area (TPSA) is 110 Å². The number of ether oxygens (including phenoxy) is 3. The molecule has 2 aromatic carbocycles. The number of aromatic nitrogens is 2. The van der Waals surface area contributed by atoms with Crippen LogP contribution in [0.4, 0.5) is 10.7 Å². The van der Waals surface area contributed by atoms with Crippen molar-refractivity contribution in [1.82, 2.24) is 14.9 Å². The van der Waals surface area contributed by atoms with Crippen LogP contribution in [0.1, 0.15) is 33.6 Å². The van der Waals surface area contributed by atoms with Gasteiger partial charge in [-0.1, -0.05) is 29.3 Å². The van der Waals surface area contributed by atoms with Crippen LogP contribution in [0.5, 0.6) is 11.5 Å². The summed E-state index contributed by atoms with van der Waals surface area (Å²) < 4.78 is 16.4. The molecule has 0 bridgehead atoms. The molecule has 209 valence electrons. The number of hydrogen-bond acceptors (Lipinski definition) is 8. The number of rotatable bonds is 7. The number of benzene rings is 2. The van der Waals surface area contributed by atoms with E-state index in [2.05, 4.69) is 31.6 Å². The molecule has 1 unspecified atom stereocenters. The standard InChI is InChI=1S/C28H30Cl2N5O4Si/c1-28(2,3)39-27(36)35-14-17(11-18(35)8-9-31)25(40)34-26-32-13-16-10-15(6-7-19(16)33-26)22-23(29)20(37-4)12-21(38-5)24(22)30/h6-7,10,12-13,17-18,25H,8,11,14H2,1-5H3,(H,32,33,34)/t17-,18+,25?/m0/s1. The van der Waals surface area contributed by atoms with Gasteiger partial charge in [-0.05, 0) is 50.8 Å². The zero-order valence-corrected chi connectivity index (χ0v) is 25.4. The van der Waals surface area contributed by atoms with Gasteiger partial charge in [0.2, 0.25) is 5.95 Å². The van der Waals surface area contributed by atoms with Crippen molar-refractivity contribution in [3.8, 4) is 28.7 Å². The Morgan fingerprint density at radius 2 is 1.90 bits per heavy atom. The Labute approximate surface area is 247 Å². The van der Waals surface area contributed by atoms with Crippen molar-refractivity contribution in [2.45, 2.75) is 50.9 Å². The first kappa shape index (κ1) is 29.7. The van der Waals surface area contributed by atoms with Crippen LogP contribution in [-0.4, -0.2) is 69.3 Å². The van der Waals surface area contributed by atoms with Gasteiger partial charge in [-0.3, -0.25) is 0 Å². The summed E-state index contributed by atoms with van der Waals surface area (Å²) in [4.78, 5) is 23.6. The SMILES string of the molecule is COc1cc(OC)c(Cl)c(-c2ccc3nc(NC([Si])[C@H]4C[C@@H](CC#N)N(C(=O)OC(C)(C)C)C4)ncc3c2)c1Cl. The quantitative estimate of drug-likeness (QED) is 0.326. The van der Waals surface area contributed by atoms with Gasteiger partial charge >= 0.3 is 6.09 Å². The highest BCUT2D eigenvalue weighted by Crippen LogP contribution is 2.46. The lowest BCUT2D eigenvalue weighted by molar-refractivity contribution is 0.0224. The first-order valence-electron chi connectivity index (χ1n) is 12.7. The van der Waals surface area contributed by atoms with E-state index in [0.717, 1.165) is 10.9 Å². The fourth-order valence-electron chi connectivity index (χ4n) is 4.69. The molecule has 0 saturated carbocycles. The summed E-state index contributed by atoms with van der Waals surface area (Å²) in [6.07, 6.45) is 2.17. The smallest absolute Gasteiger partial charge is 0.410 e. The Bertz CT molecular complexity index is 1430. The van der Waals surface area contributed by atoms with Crippen LogP contribution in [-0.2, 0) is 4.74 Å². The van der Waals surface area contributed by atoms with E-state index in [4.69, 9.17) is 37.4 Å². The lowest BCUT2D eigenvalue weighted by atomic mass is 10.0. The second kappa shape index (κ2) is 12.1. The van der Waals surface area contributed by atoms with E-state index < -0.39 is 11.7 Å². The third kappa shape index (κ3) is 6.38. The average Bonchev–Trinajstić information content (AvgIpc) is 3.32. The molecule has 0 aliphatic carbocycles. The number of hydrogen-bond donors (Lipinski definition) is 1. The third-order valence-electron chi connectivity index (χ3n) is 6.60. The van der Waals surface area contributed by atoms with E-state index in [1.807, 2.05) is 39.0 Å². The van der Waals surface area contributed by atoms with Crippen molar-refractivity contribution >= 4 is 56.4 Å². The number of nitrogens with one attached hydrogen (secondary N) is 1. The molecule has 1 N–H and O–H groups in total. The molecule has 12 heteroatoms. The van der Waals surface area contributed by atoms with Gasteiger partial charge in [0, 0.05) is 41.5 Å². The van der Waals surface area contributed by atoms with Crippen molar-refractivity contribution in [2.75, 3.05) is 26.1 Å². The second-order valence-electron chi connectivity index (χ2n) is 10.5. The maximum atomic E-state index is 12.8. The number of likely N-dealkylation sites (tertiary alicyclic amines) is 1. The van der Waals surface area contributed by atoms with Crippen LogP contribution in [0, 0.1) is 17.2 Å². The largest absolute Gasteiger partial charge is 0.495 e. The first-order valence-corrected chi connectivity index (χ1v) is 14.0. The summed E-state index contributed by atoms with van der Waals surface area (Å²) >= 11 is 13.2. The normalized spacial score (nSPS) is 17.8. The third-order valence-corrected chi connectivity index (χ3v) is 7.97. The summed E-state index contributed by atoms with van der Waals surface area (Å²) in [5.41, 5.74) is 1.20. The monoisotopic (exact) mass is 598 g/mol. The minimum atomic E-state index is -0.619. The number of carbonyl (C=O) groups is 1. The fourth-order valence-corrected chi connectivity index (χ4v) is 5.78. The van der Waals surface area contributed by atoms with Gasteiger partial charge in [-0.15, -0.1) is 0 Å². The van der Waals surface area contributed by atoms with E-state index in [1.54, 1.807) is 17.2 Å². The highest BCUT2D eigenvalue weighted by atomic mass is 35.5. The number of nitriles is 1. The molecular formula is C28H30Cl2N5O4Si. The van der Waals surface area contributed by atoms with Gasteiger partial charge in [0.05, 0.1) is 52.5 Å². The number of anilines is 1. The van der Waals surface area contributed by atoms with Crippen molar-refractivity contribution in [1.29, 1.82) is 5.26 Å². The number of halogens is 2. The lowest BCUT2D eigenvalue weighted by Gasteiger charge is -2.28. The summed E-state index contributed by atoms with van der Waals surface area (Å²) in [5.74, 6) is 1.33. The molecule has 2 heterocycles. The van der Waals surface area contributed by atoms with Crippen LogP contribution >= 0.6 is 23.2 Å². The van der Waals surface area contributed by atoms with Gasteiger partial charge in [0.25, 0.3) is 0 Å². The van der Waals surface area contributed by atoms with E-state index >= 15 is 0 Å². The minimum absolute atomic E-state index is 0.0107. The van der Waals surface area contributed by atoms with Crippen LogP contribution in [0.3, 0.4) is 0 Å². The molecule has 1 aliphatic heterocycles. The zero-order chi connectivity index (χ0) is 29.2. The summed E-state index contributed by atoms with van der Waals surface area (Å²) in [7, 11) is 6.82. The van der Waals surface area contributed by atoms with Crippen LogP contribution in [0.15, 0.2) is 30.5 Å². The van der Waals surface area contributed by atoms with Gasteiger partial charge in [0.1, 0.15) is 17.1 Å². The predicted octanol–water partition coefficient (Wildman–Crippen LogP) is 6.07. The number of carbonyl (C=O) groups excluding carboxylic acids is 1. The van der Waals surface area contributed by atoms with Crippen LogP contribution in [0.2, 0.25) is 10.0 Å². The molecule has 3 atom stereocenters.